The summed E-state index contributed by atoms with van der Waals surface area (Å²) >= 11 is 0. The highest BCUT2D eigenvalue weighted by Gasteiger charge is 2.45. The third-order valence-corrected chi connectivity index (χ3v) is 12.7. The van der Waals surface area contributed by atoms with Crippen LogP contribution in [0, 0.1) is 0 Å². The molecule has 2 rings (SSSR count). The van der Waals surface area contributed by atoms with Gasteiger partial charge >= 0.3 is 17.6 Å². The second kappa shape index (κ2) is 30.7. The number of nitrogens with two attached hydrogens (primary N) is 1. The summed E-state index contributed by atoms with van der Waals surface area (Å²) in [6.45, 7) is 1.88. The van der Waals surface area contributed by atoms with Crippen molar-refractivity contribution in [2.45, 2.75) is 199 Å². The third kappa shape index (κ3) is 23.8. The van der Waals surface area contributed by atoms with Gasteiger partial charge in [0.25, 0.3) is 15.6 Å². The van der Waals surface area contributed by atoms with Crippen LogP contribution in [0.4, 0.5) is 5.82 Å². The molecule has 7 atom stereocenters. The van der Waals surface area contributed by atoms with E-state index in [-0.39, 0.29) is 18.7 Å². The molecule has 60 heavy (non-hydrogen) atoms. The lowest BCUT2D eigenvalue weighted by molar-refractivity contribution is -0.246. The average Bonchev–Trinajstić information content (AvgIpc) is 3.47. The van der Waals surface area contributed by atoms with Gasteiger partial charge in [0.05, 0.1) is 13.2 Å². The van der Waals surface area contributed by atoms with Crippen LogP contribution in [0.25, 0.3) is 0 Å². The lowest BCUT2D eigenvalue weighted by Crippen LogP contribution is -2.36. The van der Waals surface area contributed by atoms with Crippen LogP contribution in [0.3, 0.4) is 0 Å². The van der Waals surface area contributed by atoms with E-state index >= 15 is 0 Å². The number of esters is 2. The van der Waals surface area contributed by atoms with Crippen molar-refractivity contribution < 1.29 is 66.3 Å². The van der Waals surface area contributed by atoms with E-state index in [0.29, 0.717) is 12.8 Å². The normalized spacial score (nSPS) is 20.4. The second-order valence-electron chi connectivity index (χ2n) is 15.5. The Labute approximate surface area is 355 Å². The minimum absolute atomic E-state index is 0.0312. The Morgan fingerprint density at radius 1 is 0.750 bits per heavy atom. The number of phosphoric ester groups is 2. The fraction of sp³-hybridized carbons (Fsp3) is 0.850. The minimum atomic E-state index is -5.72. The molecule has 0 spiro atoms. The molecule has 0 aliphatic carbocycles. The van der Waals surface area contributed by atoms with Crippen LogP contribution in [0.15, 0.2) is 17.1 Å². The predicted octanol–water partition coefficient (Wildman–Crippen LogP) is 6.29. The van der Waals surface area contributed by atoms with Crippen molar-refractivity contribution >= 4 is 33.4 Å². The molecule has 348 valence electrons. The summed E-state index contributed by atoms with van der Waals surface area (Å²) in [5, 5.41) is 20.8. The number of unbranched alkanes of at least 4 members (excludes halogenated alkanes) is 20. The zero-order valence-electron chi connectivity index (χ0n) is 35.7. The zero-order valence-corrected chi connectivity index (χ0v) is 37.5. The highest BCUT2D eigenvalue weighted by Crippen LogP contribution is 2.56. The zero-order chi connectivity index (χ0) is 44.2. The van der Waals surface area contributed by atoms with Crippen LogP contribution in [-0.4, -0.2) is 75.9 Å². The number of phosphoric acid groups is 2. The van der Waals surface area contributed by atoms with Crippen molar-refractivity contribution in [2.24, 2.45) is 0 Å². The number of aliphatic hydroxyl groups is 2. The smallest absolute Gasteiger partial charge is 0.351 e. The molecule has 20 heteroatoms. The van der Waals surface area contributed by atoms with Gasteiger partial charge in [0.1, 0.15) is 30.7 Å². The number of carbonyl (C=O) groups is 2. The van der Waals surface area contributed by atoms with E-state index in [1.807, 2.05) is 0 Å². The summed E-state index contributed by atoms with van der Waals surface area (Å²) in [7, 11) is -11.4. The summed E-state index contributed by atoms with van der Waals surface area (Å²) in [6, 6.07) is 1.23. The van der Waals surface area contributed by atoms with Crippen LogP contribution in [0.1, 0.15) is 174 Å². The first kappa shape index (κ1) is 53.9. The van der Waals surface area contributed by atoms with Gasteiger partial charge in [0.15, 0.2) is 12.3 Å². The number of anilines is 1. The summed E-state index contributed by atoms with van der Waals surface area (Å²) in [4.78, 5) is 66.0. The number of aliphatic hydroxyl groups excluding tert-OH is 2. The average molecular weight is 896 g/mol. The molecule has 0 bridgehead atoms. The molecule has 1 saturated heterocycles. The lowest BCUT2D eigenvalue weighted by atomic mass is 10.1. The van der Waals surface area contributed by atoms with Gasteiger partial charge in [-0.05, 0) is 18.9 Å². The number of rotatable bonds is 36. The summed E-state index contributed by atoms with van der Waals surface area (Å²) in [5.74, 6) is -1.36. The lowest BCUT2D eigenvalue weighted by Gasteiger charge is -2.32. The molecule has 2 unspecified atom stereocenters. The maximum atomic E-state index is 12.7. The molecule has 0 saturated carbocycles. The highest BCUT2D eigenvalue weighted by molar-refractivity contribution is 7.59. The number of ether oxygens (including phenoxy) is 3. The first-order chi connectivity index (χ1) is 28.7. The van der Waals surface area contributed by atoms with E-state index in [1.165, 1.54) is 83.1 Å². The third-order valence-electron chi connectivity index (χ3n) is 10.2. The Kier molecular flexibility index (Phi) is 27.6. The Morgan fingerprint density at radius 3 is 1.72 bits per heavy atom. The summed E-state index contributed by atoms with van der Waals surface area (Å²) < 4.78 is 55.5. The van der Waals surface area contributed by atoms with Crippen LogP contribution < -0.4 is 21.2 Å². The van der Waals surface area contributed by atoms with Gasteiger partial charge in [-0.3, -0.25) is 23.3 Å². The summed E-state index contributed by atoms with van der Waals surface area (Å²) in [5.41, 5.74) is 4.54. The first-order valence-corrected chi connectivity index (χ1v) is 24.9. The van der Waals surface area contributed by atoms with Crippen molar-refractivity contribution in [1.29, 1.82) is 0 Å². The number of hydrogen-bond acceptors (Lipinski definition) is 17. The van der Waals surface area contributed by atoms with Crippen LogP contribution >= 0.6 is 15.6 Å². The molecule has 1 aromatic rings. The largest absolute Gasteiger partial charge is 0.756 e. The maximum absolute atomic E-state index is 12.7. The van der Waals surface area contributed by atoms with Crippen molar-refractivity contribution in [3.8, 4) is 0 Å². The Bertz CT molecular complexity index is 1500. The van der Waals surface area contributed by atoms with E-state index in [2.05, 4.69) is 27.7 Å². The van der Waals surface area contributed by atoms with Gasteiger partial charge < -0.3 is 49.0 Å². The quantitative estimate of drug-likeness (QED) is 0.0379. The van der Waals surface area contributed by atoms with Crippen molar-refractivity contribution in [3.63, 3.8) is 0 Å². The molecule has 0 aromatic carbocycles. The molecular formula is C40H71N3O15P2-2. The minimum Gasteiger partial charge on any atom is -0.756 e. The maximum Gasteiger partial charge on any atom is 0.351 e. The van der Waals surface area contributed by atoms with Gasteiger partial charge in [-0.1, -0.05) is 142 Å². The van der Waals surface area contributed by atoms with Gasteiger partial charge in [-0.25, -0.2) is 9.11 Å². The van der Waals surface area contributed by atoms with E-state index < -0.39 is 83.7 Å². The van der Waals surface area contributed by atoms with Crippen LogP contribution in [-0.2, 0) is 46.3 Å². The SMILES string of the molecule is CCCCCCCCCCCCCC(=O)OC[C@H](COP(=O)([O-])OP(=O)([O-])OC[C@H]1O[C@@H](n2ccc(N)nc2=O)[C@H](O)[C@@H]1O)OC(=O)CCCCCCCCCCCCC. The van der Waals surface area contributed by atoms with Crippen LogP contribution in [0.2, 0.25) is 0 Å². The number of nitrogen functional groups attached to an aromatic ring is 1. The molecule has 18 nitrogen and oxygen atoms in total. The van der Waals surface area contributed by atoms with Gasteiger partial charge in [-0.2, -0.15) is 4.98 Å². The van der Waals surface area contributed by atoms with Crippen molar-refractivity contribution in [1.82, 2.24) is 9.55 Å². The topological polar surface area (TPSA) is 271 Å². The molecule has 0 radical (unpaired) electrons. The standard InChI is InChI=1S/C40H73N3O15P2/c1-3-5-7-9-11-13-15-17-19-21-23-25-35(44)53-29-32(56-36(45)26-24-22-20-18-16-14-12-10-8-6-4-2)30-54-59(49,50)58-60(51,52)55-31-33-37(46)38(47)39(57-33)43-28-27-34(41)42-40(43)48/h27-28,32-33,37-39,46-47H,3-26,29-31H2,1-2H3,(H,49,50)(H,51,52)(H2,41,42,48)/p-2/t32-,33-,37-,38-,39-/m1/s1. The molecule has 4 N–H and O–H groups in total. The Hall–Kier alpha value is -2.24. The van der Waals surface area contributed by atoms with E-state index in [9.17, 15) is 43.5 Å². The molecule has 1 aliphatic rings. The Balaban J connectivity index is 1.85. The highest BCUT2D eigenvalue weighted by atomic mass is 31.3. The Morgan fingerprint density at radius 2 is 1.22 bits per heavy atom. The molecule has 1 fully saturated rings. The van der Waals surface area contributed by atoms with E-state index in [4.69, 9.17) is 24.5 Å². The fourth-order valence-electron chi connectivity index (χ4n) is 6.71. The fourth-order valence-corrected chi connectivity index (χ4v) is 8.75. The van der Waals surface area contributed by atoms with Crippen molar-refractivity contribution in [2.75, 3.05) is 25.6 Å². The van der Waals surface area contributed by atoms with Crippen LogP contribution in [0.5, 0.6) is 0 Å². The van der Waals surface area contributed by atoms with E-state index in [1.54, 1.807) is 0 Å². The number of carbonyl (C=O) groups excluding carboxylic acids is 2. The molecule has 0 amide bonds. The van der Waals surface area contributed by atoms with Gasteiger partial charge in [0.2, 0.25) is 0 Å². The second-order valence-corrected chi connectivity index (χ2v) is 18.5. The predicted molar refractivity (Wildman–Crippen MR) is 220 cm³/mol. The molecule has 1 aliphatic heterocycles. The number of aromatic nitrogens is 2. The number of nitrogens with zero attached hydrogens (tertiary/aromatic N) is 2. The first-order valence-electron chi connectivity index (χ1n) is 22.0. The molecule has 1 aromatic heterocycles. The monoisotopic (exact) mass is 895 g/mol. The number of hydrogen-bond donors (Lipinski definition) is 3. The summed E-state index contributed by atoms with van der Waals surface area (Å²) in [6.07, 6.45) is 17.3. The van der Waals surface area contributed by atoms with Gasteiger partial charge in [0, 0.05) is 19.0 Å². The van der Waals surface area contributed by atoms with Gasteiger partial charge in [-0.15, -0.1) is 0 Å². The molecule has 2 heterocycles. The van der Waals surface area contributed by atoms with Crippen molar-refractivity contribution in [3.05, 3.63) is 22.7 Å². The molecular weight excluding hydrogens is 824 g/mol. The van der Waals surface area contributed by atoms with E-state index in [0.717, 1.165) is 62.1 Å².